The average Bonchev–Trinajstić information content (AvgIpc) is 3.12. The van der Waals surface area contributed by atoms with Crippen molar-refractivity contribution in [1.82, 2.24) is 14.5 Å². The number of amides is 1. The first-order valence-corrected chi connectivity index (χ1v) is 8.59. The predicted octanol–water partition coefficient (Wildman–Crippen LogP) is 4.13. The topological polar surface area (TPSA) is 38.1 Å². The molecule has 4 nitrogen and oxygen atoms in total. The van der Waals surface area contributed by atoms with Gasteiger partial charge in [-0.15, -0.1) is 0 Å². The number of aromatic nitrogens is 2. The van der Waals surface area contributed by atoms with Gasteiger partial charge in [0.15, 0.2) is 0 Å². The number of allylic oxidation sites excluding steroid dienone is 2. The van der Waals surface area contributed by atoms with Crippen LogP contribution in [-0.2, 0) is 24.3 Å². The zero-order valence-corrected chi connectivity index (χ0v) is 14.8. The van der Waals surface area contributed by atoms with Crippen LogP contribution in [0.1, 0.15) is 17.5 Å². The number of hydrogen-bond acceptors (Lipinski definition) is 2. The lowest BCUT2D eigenvalue weighted by Crippen LogP contribution is -2.43. The number of hydrogen-bond donors (Lipinski definition) is 0. The molecule has 7 heteroatoms. The molecule has 27 heavy (non-hydrogen) atoms. The Bertz CT molecular complexity index is 883. The van der Waals surface area contributed by atoms with E-state index in [2.05, 4.69) is 18.1 Å². The highest BCUT2D eigenvalue weighted by Crippen LogP contribution is 2.32. The summed E-state index contributed by atoms with van der Waals surface area (Å²) in [6.45, 7) is 8.30. The normalized spacial score (nSPS) is 14.0. The van der Waals surface area contributed by atoms with Crippen LogP contribution in [0, 0.1) is 0 Å². The molecule has 1 aromatic carbocycles. The molecule has 1 amide bonds. The number of aryl methyl sites for hydroxylation is 1. The summed E-state index contributed by atoms with van der Waals surface area (Å²) in [5.74, 6) is -1.79. The molecule has 0 saturated carbocycles. The number of imidazole rings is 1. The molecule has 0 saturated heterocycles. The van der Waals surface area contributed by atoms with Crippen LogP contribution in [-0.4, -0.2) is 33.1 Å². The molecular formula is C20H20F3N3O. The van der Waals surface area contributed by atoms with Gasteiger partial charge in [-0.25, -0.2) is 4.98 Å². The van der Waals surface area contributed by atoms with Gasteiger partial charge in [-0.3, -0.25) is 4.79 Å². The quantitative estimate of drug-likeness (QED) is 0.737. The molecule has 0 aliphatic carbocycles. The summed E-state index contributed by atoms with van der Waals surface area (Å²) in [5, 5.41) is 0. The van der Waals surface area contributed by atoms with Crippen molar-refractivity contribution in [2.75, 3.05) is 6.54 Å². The Labute approximate surface area is 155 Å². The molecule has 1 aliphatic rings. The Morgan fingerprint density at radius 3 is 2.81 bits per heavy atom. The maximum Gasteiger partial charge on any atom is 0.471 e. The van der Waals surface area contributed by atoms with Crippen molar-refractivity contribution in [3.05, 3.63) is 66.7 Å². The fourth-order valence-corrected chi connectivity index (χ4v) is 3.29. The highest BCUT2D eigenvalue weighted by molar-refractivity contribution is 5.82. The second-order valence-corrected chi connectivity index (χ2v) is 6.50. The van der Waals surface area contributed by atoms with Crippen LogP contribution in [0.25, 0.3) is 11.3 Å². The fourth-order valence-electron chi connectivity index (χ4n) is 3.29. The predicted molar refractivity (Wildman–Crippen MR) is 96.8 cm³/mol. The maximum absolute atomic E-state index is 12.7. The van der Waals surface area contributed by atoms with E-state index in [0.29, 0.717) is 13.0 Å². The summed E-state index contributed by atoms with van der Waals surface area (Å²) in [6.07, 6.45) is 1.45. The van der Waals surface area contributed by atoms with E-state index in [-0.39, 0.29) is 13.1 Å². The molecule has 0 fully saturated rings. The van der Waals surface area contributed by atoms with Crippen LogP contribution in [0.15, 0.2) is 55.5 Å². The maximum atomic E-state index is 12.7. The van der Waals surface area contributed by atoms with Crippen molar-refractivity contribution in [3.8, 4) is 11.3 Å². The van der Waals surface area contributed by atoms with Crippen molar-refractivity contribution in [3.63, 3.8) is 0 Å². The zero-order chi connectivity index (χ0) is 19.6. The summed E-state index contributed by atoms with van der Waals surface area (Å²) in [5.41, 5.74) is 4.46. The standard InChI is InChI=1S/C20H20F3N3O/c1-3-14(2)7-9-26-13-24-11-18(26)17-6-4-5-15-12-25(10-8-16(15)17)19(27)20(21,22)23/h3-6,11,13H,1-2,7-10,12H2. The number of rotatable bonds is 5. The van der Waals surface area contributed by atoms with E-state index >= 15 is 0 Å². The zero-order valence-electron chi connectivity index (χ0n) is 14.8. The third-order valence-corrected chi connectivity index (χ3v) is 4.75. The van der Waals surface area contributed by atoms with Gasteiger partial charge < -0.3 is 9.47 Å². The van der Waals surface area contributed by atoms with Crippen molar-refractivity contribution < 1.29 is 18.0 Å². The van der Waals surface area contributed by atoms with Crippen molar-refractivity contribution in [2.24, 2.45) is 0 Å². The minimum atomic E-state index is -4.85. The Kier molecular flexibility index (Phi) is 5.21. The lowest BCUT2D eigenvalue weighted by Gasteiger charge is -2.30. The Morgan fingerprint density at radius 1 is 1.33 bits per heavy atom. The SMILES string of the molecule is C=CC(=C)CCn1cncc1-c1cccc2c1CCN(C(=O)C(F)(F)F)C2. The number of fused-ring (bicyclic) bond motifs is 1. The van der Waals surface area contributed by atoms with Gasteiger partial charge in [0.05, 0.1) is 18.2 Å². The average molecular weight is 375 g/mol. The fraction of sp³-hybridized carbons (Fsp3) is 0.300. The molecule has 2 aromatic rings. The monoisotopic (exact) mass is 375 g/mol. The first-order valence-electron chi connectivity index (χ1n) is 8.59. The Morgan fingerprint density at radius 2 is 2.11 bits per heavy atom. The van der Waals surface area contributed by atoms with E-state index in [9.17, 15) is 18.0 Å². The second kappa shape index (κ2) is 7.42. The highest BCUT2D eigenvalue weighted by Gasteiger charge is 2.43. The van der Waals surface area contributed by atoms with Crippen LogP contribution < -0.4 is 0 Å². The molecule has 3 rings (SSSR count). The molecule has 0 spiro atoms. The smallest absolute Gasteiger partial charge is 0.330 e. The van der Waals surface area contributed by atoms with Gasteiger partial charge in [0.25, 0.3) is 0 Å². The largest absolute Gasteiger partial charge is 0.471 e. The molecule has 0 bridgehead atoms. The minimum absolute atomic E-state index is 0.0388. The number of alkyl halides is 3. The lowest BCUT2D eigenvalue weighted by molar-refractivity contribution is -0.186. The lowest BCUT2D eigenvalue weighted by atomic mass is 9.93. The molecule has 1 aromatic heterocycles. The van der Waals surface area contributed by atoms with Crippen LogP contribution in [0.2, 0.25) is 0 Å². The third kappa shape index (κ3) is 3.97. The summed E-state index contributed by atoms with van der Waals surface area (Å²) in [4.78, 5) is 16.6. The number of nitrogens with zero attached hydrogens (tertiary/aromatic N) is 3. The van der Waals surface area contributed by atoms with Crippen LogP contribution in [0.5, 0.6) is 0 Å². The van der Waals surface area contributed by atoms with E-state index in [0.717, 1.165) is 39.3 Å². The van der Waals surface area contributed by atoms with E-state index in [1.165, 1.54) is 0 Å². The van der Waals surface area contributed by atoms with Gasteiger partial charge in [-0.05, 0) is 24.0 Å². The van der Waals surface area contributed by atoms with Crippen molar-refractivity contribution >= 4 is 5.91 Å². The molecular weight excluding hydrogens is 355 g/mol. The van der Waals surface area contributed by atoms with Gasteiger partial charge in [-0.1, -0.05) is 43.0 Å². The van der Waals surface area contributed by atoms with E-state index in [4.69, 9.17) is 0 Å². The van der Waals surface area contributed by atoms with Gasteiger partial charge in [0.1, 0.15) is 0 Å². The van der Waals surface area contributed by atoms with Gasteiger partial charge in [0.2, 0.25) is 0 Å². The summed E-state index contributed by atoms with van der Waals surface area (Å²) in [7, 11) is 0. The summed E-state index contributed by atoms with van der Waals surface area (Å²) in [6, 6.07) is 5.51. The number of carbonyl (C=O) groups excluding carboxylic acids is 1. The second-order valence-electron chi connectivity index (χ2n) is 6.50. The van der Waals surface area contributed by atoms with Gasteiger partial charge in [-0.2, -0.15) is 13.2 Å². The van der Waals surface area contributed by atoms with Crippen molar-refractivity contribution in [1.29, 1.82) is 0 Å². The van der Waals surface area contributed by atoms with Gasteiger partial charge >= 0.3 is 12.1 Å². The number of benzene rings is 1. The molecule has 0 N–H and O–H groups in total. The Balaban J connectivity index is 1.87. The minimum Gasteiger partial charge on any atom is -0.330 e. The third-order valence-electron chi connectivity index (χ3n) is 4.75. The van der Waals surface area contributed by atoms with Crippen LogP contribution in [0.3, 0.4) is 0 Å². The summed E-state index contributed by atoms with van der Waals surface area (Å²) >= 11 is 0. The van der Waals surface area contributed by atoms with E-state index in [1.54, 1.807) is 30.7 Å². The van der Waals surface area contributed by atoms with E-state index in [1.807, 2.05) is 10.6 Å². The molecule has 1 aliphatic heterocycles. The number of carbonyl (C=O) groups is 1. The van der Waals surface area contributed by atoms with E-state index < -0.39 is 12.1 Å². The molecule has 0 atom stereocenters. The molecule has 142 valence electrons. The molecule has 0 unspecified atom stereocenters. The first kappa shape index (κ1) is 18.9. The molecule has 0 radical (unpaired) electrons. The van der Waals surface area contributed by atoms with Crippen LogP contribution >= 0.6 is 0 Å². The van der Waals surface area contributed by atoms with Crippen LogP contribution in [0.4, 0.5) is 13.2 Å². The summed E-state index contributed by atoms with van der Waals surface area (Å²) < 4.78 is 40.2. The molecule has 2 heterocycles. The Hall–Kier alpha value is -2.83. The first-order chi connectivity index (χ1) is 12.8. The van der Waals surface area contributed by atoms with Crippen molar-refractivity contribution in [2.45, 2.75) is 32.1 Å². The highest BCUT2D eigenvalue weighted by atomic mass is 19.4. The number of halogens is 3. The van der Waals surface area contributed by atoms with Gasteiger partial charge in [0, 0.05) is 25.2 Å².